The molecule has 11 heteroatoms. The minimum absolute atomic E-state index is 0.140. The lowest BCUT2D eigenvalue weighted by Crippen LogP contribution is -2.32. The van der Waals surface area contributed by atoms with E-state index >= 15 is 0 Å². The van der Waals surface area contributed by atoms with Crippen LogP contribution in [-0.4, -0.2) is 29.7 Å². The quantitative estimate of drug-likeness (QED) is 0.404. The predicted molar refractivity (Wildman–Crippen MR) is 108 cm³/mol. The number of benzene rings is 2. The zero-order valence-corrected chi connectivity index (χ0v) is 16.9. The SMILES string of the molecule is NC(=O)N(O)Cc1cnc(-c2ccc(F)c(Cl)c2)c(-c2ccccc2S(N)(=O)=O)c1. The maximum atomic E-state index is 13.6. The van der Waals surface area contributed by atoms with Gasteiger partial charge in [0.1, 0.15) is 5.82 Å². The van der Waals surface area contributed by atoms with E-state index < -0.39 is 21.9 Å². The number of carbonyl (C=O) groups excluding carboxylic acids is 1. The van der Waals surface area contributed by atoms with Gasteiger partial charge in [-0.15, -0.1) is 0 Å². The number of primary sulfonamides is 1. The normalized spacial score (nSPS) is 11.3. The number of sulfonamides is 1. The summed E-state index contributed by atoms with van der Waals surface area (Å²) in [7, 11) is -4.09. The zero-order valence-electron chi connectivity index (χ0n) is 15.3. The number of nitrogens with two attached hydrogens (primary N) is 2. The van der Waals surface area contributed by atoms with Crippen molar-refractivity contribution >= 4 is 27.7 Å². The molecule has 0 fully saturated rings. The molecule has 0 aliphatic carbocycles. The van der Waals surface area contributed by atoms with Crippen LogP contribution in [0.25, 0.3) is 22.4 Å². The second-order valence-corrected chi connectivity index (χ2v) is 8.24. The van der Waals surface area contributed by atoms with Crippen molar-refractivity contribution in [2.24, 2.45) is 10.9 Å². The van der Waals surface area contributed by atoms with Gasteiger partial charge in [-0.05, 0) is 35.9 Å². The van der Waals surface area contributed by atoms with Crippen LogP contribution in [0.4, 0.5) is 9.18 Å². The van der Waals surface area contributed by atoms with Gasteiger partial charge in [0.25, 0.3) is 0 Å². The van der Waals surface area contributed by atoms with E-state index in [1.54, 1.807) is 6.07 Å². The number of hydrogen-bond donors (Lipinski definition) is 3. The third kappa shape index (κ3) is 4.57. The van der Waals surface area contributed by atoms with Crippen LogP contribution in [0.1, 0.15) is 5.56 Å². The van der Waals surface area contributed by atoms with Crippen LogP contribution < -0.4 is 10.9 Å². The van der Waals surface area contributed by atoms with Crippen LogP contribution in [0.15, 0.2) is 59.6 Å². The van der Waals surface area contributed by atoms with Gasteiger partial charge in [0.2, 0.25) is 10.0 Å². The highest BCUT2D eigenvalue weighted by Gasteiger charge is 2.20. The van der Waals surface area contributed by atoms with Gasteiger partial charge in [-0.25, -0.2) is 27.8 Å². The largest absolute Gasteiger partial charge is 0.350 e. The summed E-state index contributed by atoms with van der Waals surface area (Å²) < 4.78 is 37.8. The van der Waals surface area contributed by atoms with Gasteiger partial charge in [-0.1, -0.05) is 29.8 Å². The first-order chi connectivity index (χ1) is 14.1. The van der Waals surface area contributed by atoms with Crippen molar-refractivity contribution in [3.05, 3.63) is 71.1 Å². The van der Waals surface area contributed by atoms with Crippen LogP contribution in [0.5, 0.6) is 0 Å². The molecule has 2 aromatic carbocycles. The van der Waals surface area contributed by atoms with Gasteiger partial charge in [0, 0.05) is 22.9 Å². The van der Waals surface area contributed by atoms with Crippen LogP contribution in [0.2, 0.25) is 5.02 Å². The Morgan fingerprint density at radius 1 is 1.17 bits per heavy atom. The molecule has 0 aliphatic heterocycles. The second-order valence-electron chi connectivity index (χ2n) is 6.31. The van der Waals surface area contributed by atoms with Gasteiger partial charge in [-0.3, -0.25) is 10.2 Å². The third-order valence-electron chi connectivity index (χ3n) is 4.21. The Morgan fingerprint density at radius 3 is 2.50 bits per heavy atom. The van der Waals surface area contributed by atoms with Gasteiger partial charge >= 0.3 is 6.03 Å². The van der Waals surface area contributed by atoms with Crippen molar-refractivity contribution in [2.75, 3.05) is 0 Å². The average Bonchev–Trinajstić information content (AvgIpc) is 2.69. The van der Waals surface area contributed by atoms with E-state index in [1.807, 2.05) is 0 Å². The number of primary amides is 1. The van der Waals surface area contributed by atoms with Crippen LogP contribution in [0, 0.1) is 5.82 Å². The number of nitrogens with zero attached hydrogens (tertiary/aromatic N) is 2. The zero-order chi connectivity index (χ0) is 22.1. The fourth-order valence-corrected chi connectivity index (χ4v) is 3.79. The lowest BCUT2D eigenvalue weighted by Gasteiger charge is -2.16. The molecule has 0 spiro atoms. The molecule has 0 bridgehead atoms. The molecular formula is C19H16ClFN4O4S. The summed E-state index contributed by atoms with van der Waals surface area (Å²) >= 11 is 5.89. The Morgan fingerprint density at radius 2 is 1.87 bits per heavy atom. The number of halogens is 2. The van der Waals surface area contributed by atoms with E-state index in [0.717, 1.165) is 6.07 Å². The first kappa shape index (κ1) is 21.7. The number of urea groups is 1. The average molecular weight is 451 g/mol. The van der Waals surface area contributed by atoms with E-state index in [9.17, 15) is 22.8 Å². The highest BCUT2D eigenvalue weighted by atomic mass is 35.5. The summed E-state index contributed by atoms with van der Waals surface area (Å²) in [4.78, 5) is 15.3. The standard InChI is InChI=1S/C19H16ClFN4O4S/c20-15-8-12(5-6-16(15)21)18-14(7-11(9-24-18)10-25(27)19(22)26)13-3-1-2-4-17(13)30(23,28)29/h1-9,27H,10H2,(H2,22,26)(H2,23,28,29). The molecule has 1 aromatic heterocycles. The Labute approximate surface area is 176 Å². The minimum atomic E-state index is -4.09. The highest BCUT2D eigenvalue weighted by molar-refractivity contribution is 7.89. The smallest absolute Gasteiger partial charge is 0.338 e. The summed E-state index contributed by atoms with van der Waals surface area (Å²) in [6.45, 7) is -0.294. The minimum Gasteiger partial charge on any atom is -0.350 e. The Hall–Kier alpha value is -3.05. The van der Waals surface area contributed by atoms with Crippen molar-refractivity contribution in [1.82, 2.24) is 10.0 Å². The molecule has 0 aliphatic rings. The fraction of sp³-hybridized carbons (Fsp3) is 0.0526. The Balaban J connectivity index is 2.27. The monoisotopic (exact) mass is 450 g/mol. The van der Waals surface area contributed by atoms with Crippen molar-refractivity contribution in [3.8, 4) is 22.4 Å². The molecule has 2 amide bonds. The van der Waals surface area contributed by atoms with E-state index in [-0.39, 0.29) is 27.1 Å². The molecule has 3 rings (SSSR count). The Kier molecular flexibility index (Phi) is 6.04. The summed E-state index contributed by atoms with van der Waals surface area (Å²) in [5.41, 5.74) is 6.65. The molecule has 0 unspecified atom stereocenters. The number of hydroxylamine groups is 2. The van der Waals surface area contributed by atoms with Crippen molar-refractivity contribution in [1.29, 1.82) is 0 Å². The van der Waals surface area contributed by atoms with Gasteiger partial charge in [-0.2, -0.15) is 0 Å². The summed E-state index contributed by atoms with van der Waals surface area (Å²) in [5.74, 6) is -0.624. The molecule has 0 saturated carbocycles. The summed E-state index contributed by atoms with van der Waals surface area (Å²) in [5, 5.41) is 15.1. The number of amides is 2. The van der Waals surface area contributed by atoms with Gasteiger partial charge in [0.15, 0.2) is 0 Å². The molecule has 0 saturated heterocycles. The first-order valence-electron chi connectivity index (χ1n) is 8.40. The molecule has 0 radical (unpaired) electrons. The molecule has 8 nitrogen and oxygen atoms in total. The predicted octanol–water partition coefficient (Wildman–Crippen LogP) is 3.13. The summed E-state index contributed by atoms with van der Waals surface area (Å²) in [6.07, 6.45) is 1.36. The maximum absolute atomic E-state index is 13.6. The summed E-state index contributed by atoms with van der Waals surface area (Å²) in [6, 6.07) is 10.4. The van der Waals surface area contributed by atoms with Gasteiger partial charge in [0.05, 0.1) is 22.2 Å². The molecular weight excluding hydrogens is 435 g/mol. The van der Waals surface area contributed by atoms with E-state index in [2.05, 4.69) is 4.98 Å². The van der Waals surface area contributed by atoms with Crippen molar-refractivity contribution < 1.29 is 22.8 Å². The second kappa shape index (κ2) is 8.36. The van der Waals surface area contributed by atoms with Crippen LogP contribution in [0.3, 0.4) is 0 Å². The lowest BCUT2D eigenvalue weighted by atomic mass is 9.97. The Bertz CT molecular complexity index is 1240. The number of aromatic nitrogens is 1. The van der Waals surface area contributed by atoms with E-state index in [1.165, 1.54) is 42.6 Å². The number of hydrogen-bond acceptors (Lipinski definition) is 5. The molecule has 156 valence electrons. The highest BCUT2D eigenvalue weighted by Crippen LogP contribution is 2.36. The fourth-order valence-electron chi connectivity index (χ4n) is 2.86. The molecule has 30 heavy (non-hydrogen) atoms. The topological polar surface area (TPSA) is 140 Å². The molecule has 1 heterocycles. The number of pyridine rings is 1. The van der Waals surface area contributed by atoms with E-state index in [0.29, 0.717) is 22.4 Å². The molecule has 0 atom stereocenters. The van der Waals surface area contributed by atoms with E-state index in [4.69, 9.17) is 22.5 Å². The van der Waals surface area contributed by atoms with Crippen LogP contribution in [-0.2, 0) is 16.6 Å². The first-order valence-corrected chi connectivity index (χ1v) is 10.3. The molecule has 5 N–H and O–H groups in total. The van der Waals surface area contributed by atoms with Crippen LogP contribution >= 0.6 is 11.6 Å². The third-order valence-corrected chi connectivity index (χ3v) is 5.47. The number of rotatable bonds is 5. The van der Waals surface area contributed by atoms with Crippen molar-refractivity contribution in [2.45, 2.75) is 11.4 Å². The lowest BCUT2D eigenvalue weighted by molar-refractivity contribution is -0.0471. The molecule has 3 aromatic rings. The van der Waals surface area contributed by atoms with Gasteiger partial charge < -0.3 is 5.73 Å². The maximum Gasteiger partial charge on any atom is 0.338 e. The van der Waals surface area contributed by atoms with Crippen molar-refractivity contribution in [3.63, 3.8) is 0 Å². The number of carbonyl (C=O) groups is 1.